The van der Waals surface area contributed by atoms with E-state index in [9.17, 15) is 4.79 Å². The minimum absolute atomic E-state index is 0.0177. The highest BCUT2D eigenvalue weighted by atomic mass is 16.5. The Morgan fingerprint density at radius 1 is 1.32 bits per heavy atom. The fourth-order valence-corrected chi connectivity index (χ4v) is 2.54. The summed E-state index contributed by atoms with van der Waals surface area (Å²) in [6.07, 6.45) is 3.14. The van der Waals surface area contributed by atoms with Crippen LogP contribution in [0.3, 0.4) is 0 Å². The van der Waals surface area contributed by atoms with Gasteiger partial charge in [-0.25, -0.2) is 0 Å². The third-order valence-corrected chi connectivity index (χ3v) is 3.99. The van der Waals surface area contributed by atoms with E-state index in [1.165, 1.54) is 0 Å². The summed E-state index contributed by atoms with van der Waals surface area (Å²) in [5.74, 6) is -0.0500. The van der Waals surface area contributed by atoms with Gasteiger partial charge in [-0.15, -0.1) is 0 Å². The average Bonchev–Trinajstić information content (AvgIpc) is 2.55. The molecule has 22 heavy (non-hydrogen) atoms. The molecule has 1 aromatic carbocycles. The van der Waals surface area contributed by atoms with Crippen LogP contribution in [-0.4, -0.2) is 42.9 Å². The lowest BCUT2D eigenvalue weighted by Crippen LogP contribution is -2.37. The van der Waals surface area contributed by atoms with Crippen LogP contribution < -0.4 is 10.6 Å². The molecule has 3 N–H and O–H groups in total. The van der Waals surface area contributed by atoms with Crippen LogP contribution in [0.5, 0.6) is 0 Å². The Hall–Kier alpha value is -1.59. The highest BCUT2D eigenvalue weighted by molar-refractivity contribution is 5.79. The first kappa shape index (κ1) is 16.8. The van der Waals surface area contributed by atoms with E-state index < -0.39 is 0 Å². The molecule has 1 amide bonds. The maximum Gasteiger partial charge on any atom is 0.224 e. The van der Waals surface area contributed by atoms with Crippen LogP contribution in [0, 0.1) is 0 Å². The van der Waals surface area contributed by atoms with E-state index >= 15 is 0 Å². The molecule has 1 atom stereocenters. The summed E-state index contributed by atoms with van der Waals surface area (Å²) in [4.78, 5) is 11.9. The Bertz CT molecular complexity index is 451. The number of nitrogens with one attached hydrogen (secondary N) is 2. The van der Waals surface area contributed by atoms with Crippen LogP contribution in [0.25, 0.3) is 0 Å². The topological polar surface area (TPSA) is 70.6 Å². The van der Waals surface area contributed by atoms with E-state index in [1.807, 2.05) is 31.2 Å². The molecule has 0 spiro atoms. The smallest absolute Gasteiger partial charge is 0.224 e. The van der Waals surface area contributed by atoms with Gasteiger partial charge in [0.2, 0.25) is 5.91 Å². The number of rotatable bonds is 7. The van der Waals surface area contributed by atoms with Crippen LogP contribution in [0.1, 0.15) is 31.7 Å². The molecular weight excluding hydrogens is 280 g/mol. The van der Waals surface area contributed by atoms with Crippen LogP contribution >= 0.6 is 0 Å². The molecular formula is C17H26N2O3. The number of anilines is 1. The van der Waals surface area contributed by atoms with Crippen molar-refractivity contribution < 1.29 is 14.6 Å². The van der Waals surface area contributed by atoms with Crippen molar-refractivity contribution in [3.8, 4) is 0 Å². The van der Waals surface area contributed by atoms with Crippen LogP contribution in [-0.2, 0) is 16.0 Å². The summed E-state index contributed by atoms with van der Waals surface area (Å²) in [5, 5.41) is 15.4. The average molecular weight is 306 g/mol. The SMILES string of the molecule is CCC(CO)NC(=O)Cc1ccc(NC2CCOCC2)cc1. The van der Waals surface area contributed by atoms with Gasteiger partial charge in [-0.2, -0.15) is 0 Å². The Balaban J connectivity index is 1.82. The Labute approximate surface area is 132 Å². The van der Waals surface area contributed by atoms with Gasteiger partial charge in [0, 0.05) is 24.9 Å². The number of ether oxygens (including phenoxy) is 1. The minimum Gasteiger partial charge on any atom is -0.394 e. The number of aliphatic hydroxyl groups excluding tert-OH is 1. The number of hydrogen-bond donors (Lipinski definition) is 3. The Morgan fingerprint density at radius 2 is 2.00 bits per heavy atom. The second kappa shape index (κ2) is 8.76. The third-order valence-electron chi connectivity index (χ3n) is 3.99. The van der Waals surface area contributed by atoms with Gasteiger partial charge in [0.05, 0.1) is 19.1 Å². The number of carbonyl (C=O) groups excluding carboxylic acids is 1. The molecule has 0 saturated carbocycles. The fourth-order valence-electron chi connectivity index (χ4n) is 2.54. The number of benzene rings is 1. The molecule has 1 saturated heterocycles. The van der Waals surface area contributed by atoms with E-state index in [0.29, 0.717) is 12.5 Å². The number of amides is 1. The molecule has 5 heteroatoms. The van der Waals surface area contributed by atoms with Gasteiger partial charge in [-0.05, 0) is 37.0 Å². The fraction of sp³-hybridized carbons (Fsp3) is 0.588. The van der Waals surface area contributed by atoms with E-state index in [0.717, 1.165) is 43.7 Å². The first-order chi connectivity index (χ1) is 10.7. The number of hydrogen-bond acceptors (Lipinski definition) is 4. The van der Waals surface area contributed by atoms with Crippen LogP contribution in [0.4, 0.5) is 5.69 Å². The Morgan fingerprint density at radius 3 is 2.59 bits per heavy atom. The largest absolute Gasteiger partial charge is 0.394 e. The second-order valence-corrected chi connectivity index (χ2v) is 5.76. The van der Waals surface area contributed by atoms with Crippen molar-refractivity contribution in [2.24, 2.45) is 0 Å². The lowest BCUT2D eigenvalue weighted by Gasteiger charge is -2.24. The zero-order valence-corrected chi connectivity index (χ0v) is 13.2. The highest BCUT2D eigenvalue weighted by Crippen LogP contribution is 2.16. The molecule has 0 aromatic heterocycles. The Kier molecular flexibility index (Phi) is 6.68. The zero-order chi connectivity index (χ0) is 15.8. The van der Waals surface area contributed by atoms with E-state index in [1.54, 1.807) is 0 Å². The molecule has 1 unspecified atom stereocenters. The predicted octanol–water partition coefficient (Wildman–Crippen LogP) is 1.71. The quantitative estimate of drug-likeness (QED) is 0.717. The molecule has 0 bridgehead atoms. The van der Waals surface area contributed by atoms with Crippen molar-refractivity contribution in [1.82, 2.24) is 5.32 Å². The van der Waals surface area contributed by atoms with Crippen molar-refractivity contribution in [2.75, 3.05) is 25.1 Å². The molecule has 5 nitrogen and oxygen atoms in total. The van der Waals surface area contributed by atoms with Crippen molar-refractivity contribution in [3.05, 3.63) is 29.8 Å². The maximum atomic E-state index is 11.9. The predicted molar refractivity (Wildman–Crippen MR) is 86.9 cm³/mol. The van der Waals surface area contributed by atoms with Crippen molar-refractivity contribution in [2.45, 2.75) is 44.7 Å². The molecule has 0 aliphatic carbocycles. The normalized spacial score (nSPS) is 17.0. The van der Waals surface area contributed by atoms with E-state index in [4.69, 9.17) is 9.84 Å². The molecule has 0 radical (unpaired) electrons. The number of carbonyl (C=O) groups is 1. The first-order valence-corrected chi connectivity index (χ1v) is 8.04. The standard InChI is InChI=1S/C17H26N2O3/c1-2-14(12-20)19-17(21)11-13-3-5-15(6-4-13)18-16-7-9-22-10-8-16/h3-6,14,16,18,20H,2,7-12H2,1H3,(H,19,21). The van der Waals surface area contributed by atoms with Gasteiger partial charge < -0.3 is 20.5 Å². The van der Waals surface area contributed by atoms with Gasteiger partial charge in [0.15, 0.2) is 0 Å². The third kappa shape index (κ3) is 5.31. The van der Waals surface area contributed by atoms with Crippen LogP contribution in [0.15, 0.2) is 24.3 Å². The van der Waals surface area contributed by atoms with Crippen LogP contribution in [0.2, 0.25) is 0 Å². The number of aliphatic hydroxyl groups is 1. The molecule has 1 aliphatic heterocycles. The zero-order valence-electron chi connectivity index (χ0n) is 13.2. The summed E-state index contributed by atoms with van der Waals surface area (Å²) in [6.45, 7) is 3.56. The van der Waals surface area contributed by atoms with Crippen molar-refractivity contribution in [3.63, 3.8) is 0 Å². The first-order valence-electron chi connectivity index (χ1n) is 8.04. The molecule has 2 rings (SSSR count). The van der Waals surface area contributed by atoms with E-state index in [-0.39, 0.29) is 18.6 Å². The molecule has 122 valence electrons. The maximum absolute atomic E-state index is 11.9. The van der Waals surface area contributed by atoms with Crippen molar-refractivity contribution in [1.29, 1.82) is 0 Å². The molecule has 1 heterocycles. The molecule has 1 aliphatic rings. The van der Waals surface area contributed by atoms with Gasteiger partial charge in [0.1, 0.15) is 0 Å². The van der Waals surface area contributed by atoms with Gasteiger partial charge in [-0.1, -0.05) is 19.1 Å². The van der Waals surface area contributed by atoms with Gasteiger partial charge in [0.25, 0.3) is 0 Å². The summed E-state index contributed by atoms with van der Waals surface area (Å²) in [7, 11) is 0. The second-order valence-electron chi connectivity index (χ2n) is 5.76. The molecule has 1 fully saturated rings. The molecule has 1 aromatic rings. The lowest BCUT2D eigenvalue weighted by atomic mass is 10.1. The summed E-state index contributed by atoms with van der Waals surface area (Å²) in [6, 6.07) is 8.30. The van der Waals surface area contributed by atoms with E-state index in [2.05, 4.69) is 10.6 Å². The summed E-state index contributed by atoms with van der Waals surface area (Å²) >= 11 is 0. The summed E-state index contributed by atoms with van der Waals surface area (Å²) < 4.78 is 5.35. The van der Waals surface area contributed by atoms with Gasteiger partial charge in [-0.3, -0.25) is 4.79 Å². The summed E-state index contributed by atoms with van der Waals surface area (Å²) in [5.41, 5.74) is 2.06. The lowest BCUT2D eigenvalue weighted by molar-refractivity contribution is -0.121. The monoisotopic (exact) mass is 306 g/mol. The minimum atomic E-state index is -0.151. The van der Waals surface area contributed by atoms with Gasteiger partial charge >= 0.3 is 0 Å². The van der Waals surface area contributed by atoms with Crippen molar-refractivity contribution >= 4 is 11.6 Å². The highest BCUT2D eigenvalue weighted by Gasteiger charge is 2.13.